The van der Waals surface area contributed by atoms with Gasteiger partial charge in [0.2, 0.25) is 5.95 Å². The molecule has 1 aliphatic heterocycles. The van der Waals surface area contributed by atoms with Crippen LogP contribution in [0.5, 0.6) is 0 Å². The van der Waals surface area contributed by atoms with Gasteiger partial charge in [0.05, 0.1) is 12.8 Å². The number of aromatic nitrogens is 4. The van der Waals surface area contributed by atoms with Crippen LogP contribution in [-0.2, 0) is 6.61 Å². The van der Waals surface area contributed by atoms with Gasteiger partial charge in [0.15, 0.2) is 17.1 Å². The zero-order chi connectivity index (χ0) is 25.2. The van der Waals surface area contributed by atoms with Crippen molar-refractivity contribution in [2.45, 2.75) is 52.2 Å². The molecule has 0 bridgehead atoms. The summed E-state index contributed by atoms with van der Waals surface area (Å²) in [6, 6.07) is 5.96. The highest BCUT2D eigenvalue weighted by molar-refractivity contribution is 5.93. The number of rotatable bonds is 7. The van der Waals surface area contributed by atoms with Gasteiger partial charge in [0.1, 0.15) is 5.52 Å². The first-order valence-electron chi connectivity index (χ1n) is 12.8. The number of aliphatic hydroxyl groups excluding tert-OH is 1. The molecule has 10 nitrogen and oxygen atoms in total. The van der Waals surface area contributed by atoms with Crippen molar-refractivity contribution >= 4 is 34.3 Å². The summed E-state index contributed by atoms with van der Waals surface area (Å²) >= 11 is 0. The van der Waals surface area contributed by atoms with E-state index in [9.17, 15) is 14.7 Å². The Kier molecular flexibility index (Phi) is 6.97. The van der Waals surface area contributed by atoms with Crippen molar-refractivity contribution < 1.29 is 9.90 Å². The molecule has 0 spiro atoms. The minimum atomic E-state index is -0.393. The van der Waals surface area contributed by atoms with Crippen molar-refractivity contribution in [1.82, 2.24) is 24.4 Å². The van der Waals surface area contributed by atoms with Crippen LogP contribution in [0.25, 0.3) is 11.2 Å². The fourth-order valence-corrected chi connectivity index (χ4v) is 5.26. The van der Waals surface area contributed by atoms with Crippen molar-refractivity contribution in [2.75, 3.05) is 42.9 Å². The fraction of sp³-hybridized carbons (Fsp3) is 0.500. The summed E-state index contributed by atoms with van der Waals surface area (Å²) in [6.07, 6.45) is 5.35. The van der Waals surface area contributed by atoms with Crippen LogP contribution in [0.3, 0.4) is 0 Å². The van der Waals surface area contributed by atoms with E-state index in [-0.39, 0.29) is 24.1 Å². The number of nitrogens with zero attached hydrogens (tertiary/aromatic N) is 6. The van der Waals surface area contributed by atoms with Gasteiger partial charge in [-0.2, -0.15) is 4.98 Å². The maximum Gasteiger partial charge on any atom is 0.282 e. The number of piperazine rings is 1. The van der Waals surface area contributed by atoms with Gasteiger partial charge in [0.25, 0.3) is 5.56 Å². The number of Topliss-reactive ketones (excluding diaryl/α,β-unsaturated/α-hetero) is 1. The molecule has 1 aliphatic carbocycles. The third-order valence-electron chi connectivity index (χ3n) is 7.35. The Hall–Kier alpha value is -3.37. The third kappa shape index (κ3) is 4.70. The molecule has 190 valence electrons. The first kappa shape index (κ1) is 24.3. The second-order valence-corrected chi connectivity index (χ2v) is 9.58. The number of hydrogen-bond donors (Lipinski definition) is 2. The predicted octanol–water partition coefficient (Wildman–Crippen LogP) is 2.88. The van der Waals surface area contributed by atoms with Crippen LogP contribution in [0.15, 0.2) is 29.2 Å². The van der Waals surface area contributed by atoms with Crippen LogP contribution in [0.1, 0.15) is 61.6 Å². The SMILES string of the molecule is CCN1CCN(c2ccc(Nc3ncc4nc(C(C)=O)c(=O)n(C5CCCC5)c4n3)c(CO)c2)CC1. The van der Waals surface area contributed by atoms with Crippen LogP contribution in [0.2, 0.25) is 0 Å². The lowest BCUT2D eigenvalue weighted by Crippen LogP contribution is -2.46. The summed E-state index contributed by atoms with van der Waals surface area (Å²) in [5, 5.41) is 13.3. The molecular weight excluding hydrogens is 458 g/mol. The first-order chi connectivity index (χ1) is 17.5. The highest BCUT2D eigenvalue weighted by Crippen LogP contribution is 2.31. The van der Waals surface area contributed by atoms with Crippen molar-refractivity contribution in [3.05, 3.63) is 46.0 Å². The summed E-state index contributed by atoms with van der Waals surface area (Å²) in [7, 11) is 0. The van der Waals surface area contributed by atoms with E-state index in [4.69, 9.17) is 0 Å². The zero-order valence-electron chi connectivity index (χ0n) is 20.9. The smallest absolute Gasteiger partial charge is 0.282 e. The molecule has 10 heteroatoms. The number of benzene rings is 1. The summed E-state index contributed by atoms with van der Waals surface area (Å²) in [6.45, 7) is 8.42. The first-order valence-corrected chi connectivity index (χ1v) is 12.8. The third-order valence-corrected chi connectivity index (χ3v) is 7.35. The Balaban J connectivity index is 1.47. The van der Waals surface area contributed by atoms with Crippen molar-refractivity contribution in [2.24, 2.45) is 0 Å². The van der Waals surface area contributed by atoms with Gasteiger partial charge in [0, 0.05) is 56.1 Å². The quantitative estimate of drug-likeness (QED) is 0.481. The van der Waals surface area contributed by atoms with E-state index in [0.717, 1.165) is 69.7 Å². The molecule has 1 saturated carbocycles. The molecule has 0 atom stereocenters. The number of carbonyl (C=O) groups excluding carboxylic acids is 1. The van der Waals surface area contributed by atoms with Gasteiger partial charge in [-0.3, -0.25) is 14.2 Å². The lowest BCUT2D eigenvalue weighted by atomic mass is 10.1. The molecule has 1 aromatic carbocycles. The van der Waals surface area contributed by atoms with Gasteiger partial charge < -0.3 is 20.2 Å². The minimum Gasteiger partial charge on any atom is -0.392 e. The predicted molar refractivity (Wildman–Crippen MR) is 139 cm³/mol. The van der Waals surface area contributed by atoms with E-state index in [1.54, 1.807) is 10.8 Å². The lowest BCUT2D eigenvalue weighted by Gasteiger charge is -2.35. The number of aliphatic hydroxyl groups is 1. The molecule has 5 rings (SSSR count). The van der Waals surface area contributed by atoms with E-state index < -0.39 is 5.56 Å². The number of anilines is 3. The normalized spacial score (nSPS) is 17.1. The Morgan fingerprint density at radius 2 is 1.89 bits per heavy atom. The van der Waals surface area contributed by atoms with Crippen LogP contribution in [0.4, 0.5) is 17.3 Å². The summed E-state index contributed by atoms with van der Waals surface area (Å²) < 4.78 is 1.63. The van der Waals surface area contributed by atoms with Crippen LogP contribution in [-0.4, -0.2) is 68.0 Å². The monoisotopic (exact) mass is 491 g/mol. The van der Waals surface area contributed by atoms with E-state index in [0.29, 0.717) is 22.8 Å². The molecule has 2 aromatic heterocycles. The van der Waals surface area contributed by atoms with Crippen LogP contribution >= 0.6 is 0 Å². The van der Waals surface area contributed by atoms with Gasteiger partial charge in [-0.1, -0.05) is 19.8 Å². The Morgan fingerprint density at radius 3 is 2.56 bits per heavy atom. The zero-order valence-corrected chi connectivity index (χ0v) is 20.9. The molecule has 1 saturated heterocycles. The maximum absolute atomic E-state index is 13.2. The number of fused-ring (bicyclic) bond motifs is 1. The van der Waals surface area contributed by atoms with Crippen molar-refractivity contribution in [3.8, 4) is 0 Å². The number of likely N-dealkylation sites (N-methyl/N-ethyl adjacent to an activating group) is 1. The molecule has 2 fully saturated rings. The summed E-state index contributed by atoms with van der Waals surface area (Å²) in [4.78, 5) is 43.3. The average molecular weight is 492 g/mol. The van der Waals surface area contributed by atoms with Gasteiger partial charge in [-0.25, -0.2) is 9.97 Å². The van der Waals surface area contributed by atoms with Crippen LogP contribution < -0.4 is 15.8 Å². The summed E-state index contributed by atoms with van der Waals surface area (Å²) in [5.74, 6) is -0.0512. The molecule has 0 amide bonds. The molecular formula is C26H33N7O3. The Bertz CT molecular complexity index is 1330. The molecule has 36 heavy (non-hydrogen) atoms. The highest BCUT2D eigenvalue weighted by Gasteiger charge is 2.25. The van der Waals surface area contributed by atoms with E-state index in [2.05, 4.69) is 37.0 Å². The average Bonchev–Trinajstić information content (AvgIpc) is 3.43. The molecule has 3 aromatic rings. The van der Waals surface area contributed by atoms with Gasteiger partial charge in [-0.15, -0.1) is 0 Å². The minimum absolute atomic E-state index is 0.00990. The van der Waals surface area contributed by atoms with Gasteiger partial charge in [-0.05, 0) is 37.6 Å². The highest BCUT2D eigenvalue weighted by atomic mass is 16.3. The molecule has 2 aliphatic rings. The maximum atomic E-state index is 13.2. The van der Waals surface area contributed by atoms with E-state index in [1.165, 1.54) is 6.92 Å². The number of ketones is 1. The van der Waals surface area contributed by atoms with Crippen molar-refractivity contribution in [3.63, 3.8) is 0 Å². The second kappa shape index (κ2) is 10.3. The second-order valence-electron chi connectivity index (χ2n) is 9.58. The Morgan fingerprint density at radius 1 is 1.14 bits per heavy atom. The number of hydrogen-bond acceptors (Lipinski definition) is 9. The topological polar surface area (TPSA) is 116 Å². The molecule has 0 radical (unpaired) electrons. The molecule has 3 heterocycles. The number of carbonyl (C=O) groups is 1. The van der Waals surface area contributed by atoms with Crippen LogP contribution in [0, 0.1) is 0 Å². The number of nitrogens with one attached hydrogen (secondary N) is 1. The molecule has 0 unspecified atom stereocenters. The van der Waals surface area contributed by atoms with E-state index >= 15 is 0 Å². The lowest BCUT2D eigenvalue weighted by molar-refractivity contribution is 0.101. The fourth-order valence-electron chi connectivity index (χ4n) is 5.26. The van der Waals surface area contributed by atoms with Crippen molar-refractivity contribution in [1.29, 1.82) is 0 Å². The summed E-state index contributed by atoms with van der Waals surface area (Å²) in [5.41, 5.74) is 2.90. The largest absolute Gasteiger partial charge is 0.392 e. The van der Waals surface area contributed by atoms with Gasteiger partial charge >= 0.3 is 0 Å². The molecule has 2 N–H and O–H groups in total. The van der Waals surface area contributed by atoms with E-state index in [1.807, 2.05) is 18.2 Å². The Labute approximate surface area is 210 Å². The standard InChI is InChI=1S/C26H33N7O3/c1-3-31-10-12-32(13-11-31)20-8-9-21(18(14-20)16-34)29-26-27-15-22-24(30-26)33(19-6-4-5-7-19)25(36)23(28-22)17(2)35/h8-9,14-15,19,34H,3-7,10-13,16H2,1-2H3,(H,27,29,30).